The lowest BCUT2D eigenvalue weighted by Gasteiger charge is -2.09. The highest BCUT2D eigenvalue weighted by atomic mass is 16.4. The lowest BCUT2D eigenvalue weighted by Crippen LogP contribution is -2.01. The van der Waals surface area contributed by atoms with Gasteiger partial charge in [-0.25, -0.2) is 4.79 Å². The molecule has 0 fully saturated rings. The van der Waals surface area contributed by atoms with E-state index in [0.29, 0.717) is 11.1 Å². The molecule has 124 valence electrons. The zero-order valence-electron chi connectivity index (χ0n) is 13.8. The second kappa shape index (κ2) is 6.62. The molecule has 26 heavy (non-hydrogen) atoms. The quantitative estimate of drug-likeness (QED) is 0.511. The Morgan fingerprint density at radius 3 is 2.54 bits per heavy atom. The molecule has 0 amide bonds. The third kappa shape index (κ3) is 2.97. The highest BCUT2D eigenvalue weighted by Gasteiger charge is 2.15. The topological polar surface area (TPSA) is 50.4 Å². The van der Waals surface area contributed by atoms with E-state index < -0.39 is 5.97 Å². The molecule has 0 atom stereocenters. The first-order valence-electron chi connectivity index (χ1n) is 8.13. The molecule has 4 aromatic rings. The molecule has 1 aromatic heterocycles. The number of carbonyl (C=O) groups is 1. The third-order valence-corrected chi connectivity index (χ3v) is 4.15. The second-order valence-electron chi connectivity index (χ2n) is 5.82. The Bertz CT molecular complexity index is 1160. The lowest BCUT2D eigenvalue weighted by molar-refractivity contribution is 0.0697. The molecular formula is C23H14O3. The Kier molecular flexibility index (Phi) is 4.01. The summed E-state index contributed by atoms with van der Waals surface area (Å²) in [5, 5.41) is 10.6. The maximum Gasteiger partial charge on any atom is 0.336 e. The maximum atomic E-state index is 11.8. The van der Waals surface area contributed by atoms with Crippen LogP contribution in [0.15, 0.2) is 83.5 Å². The Labute approximate surface area is 150 Å². The molecule has 0 saturated heterocycles. The average molecular weight is 338 g/mol. The fraction of sp³-hybridized carbons (Fsp3) is 0. The zero-order chi connectivity index (χ0) is 17.9. The number of rotatable bonds is 2. The Hall–Kier alpha value is -3.77. The van der Waals surface area contributed by atoms with Gasteiger partial charge < -0.3 is 9.52 Å². The van der Waals surface area contributed by atoms with Crippen LogP contribution in [0, 0.1) is 11.8 Å². The number of hydrogen-bond donors (Lipinski definition) is 1. The molecule has 0 bridgehead atoms. The Morgan fingerprint density at radius 1 is 0.885 bits per heavy atom. The van der Waals surface area contributed by atoms with Gasteiger partial charge in [0.05, 0.1) is 11.8 Å². The summed E-state index contributed by atoms with van der Waals surface area (Å²) in [6.45, 7) is 0. The predicted molar refractivity (Wildman–Crippen MR) is 101 cm³/mol. The molecule has 4 rings (SSSR count). The molecule has 3 heteroatoms. The van der Waals surface area contributed by atoms with Crippen LogP contribution in [0.4, 0.5) is 0 Å². The number of carboxylic acid groups (broad SMARTS) is 1. The summed E-state index contributed by atoms with van der Waals surface area (Å²) in [7, 11) is 0. The van der Waals surface area contributed by atoms with E-state index in [-0.39, 0.29) is 5.56 Å². The second-order valence-corrected chi connectivity index (χ2v) is 5.82. The van der Waals surface area contributed by atoms with Crippen LogP contribution in [0.25, 0.3) is 22.1 Å². The molecule has 3 nitrogen and oxygen atoms in total. The summed E-state index contributed by atoms with van der Waals surface area (Å²) >= 11 is 0. The van der Waals surface area contributed by atoms with Gasteiger partial charge in [-0.1, -0.05) is 42.2 Å². The van der Waals surface area contributed by atoms with Crippen LogP contribution in [0.1, 0.15) is 21.5 Å². The number of hydrogen-bond acceptors (Lipinski definition) is 2. The van der Waals surface area contributed by atoms with Crippen molar-refractivity contribution in [2.75, 3.05) is 0 Å². The van der Waals surface area contributed by atoms with E-state index in [1.807, 2.05) is 60.7 Å². The summed E-state index contributed by atoms with van der Waals surface area (Å²) < 4.78 is 5.38. The Balaban J connectivity index is 1.91. The highest BCUT2D eigenvalue weighted by Crippen LogP contribution is 2.30. The third-order valence-electron chi connectivity index (χ3n) is 4.15. The molecule has 0 unspecified atom stereocenters. The van der Waals surface area contributed by atoms with Gasteiger partial charge in [-0.2, -0.15) is 0 Å². The van der Waals surface area contributed by atoms with Crippen molar-refractivity contribution in [3.63, 3.8) is 0 Å². The summed E-state index contributed by atoms with van der Waals surface area (Å²) in [5.41, 5.74) is 3.97. The van der Waals surface area contributed by atoms with Crippen LogP contribution in [0.3, 0.4) is 0 Å². The van der Waals surface area contributed by atoms with Crippen molar-refractivity contribution in [1.82, 2.24) is 0 Å². The van der Waals surface area contributed by atoms with Crippen molar-refractivity contribution < 1.29 is 14.3 Å². The average Bonchev–Trinajstić information content (AvgIpc) is 3.14. The number of fused-ring (bicyclic) bond motifs is 1. The van der Waals surface area contributed by atoms with E-state index in [4.69, 9.17) is 4.42 Å². The normalized spacial score (nSPS) is 10.3. The minimum absolute atomic E-state index is 0.229. The number of aromatic carboxylic acids is 1. The van der Waals surface area contributed by atoms with E-state index in [1.165, 1.54) is 0 Å². The molecule has 3 aromatic carbocycles. The number of furan rings is 1. The van der Waals surface area contributed by atoms with Crippen molar-refractivity contribution in [2.24, 2.45) is 0 Å². The molecule has 1 N–H and O–H groups in total. The van der Waals surface area contributed by atoms with Gasteiger partial charge in [0, 0.05) is 22.1 Å². The van der Waals surface area contributed by atoms with E-state index >= 15 is 0 Å². The van der Waals surface area contributed by atoms with Gasteiger partial charge >= 0.3 is 5.97 Å². The van der Waals surface area contributed by atoms with E-state index in [0.717, 1.165) is 22.1 Å². The standard InChI is InChI=1S/C23H14O3/c24-23(25)20-8-4-7-17(10-9-16-5-2-1-3-6-16)22(20)19-11-12-21-18(15-19)13-14-26-21/h1-8,11-15H,(H,24,25). The molecule has 0 aliphatic carbocycles. The van der Waals surface area contributed by atoms with Gasteiger partial charge in [0.25, 0.3) is 0 Å². The van der Waals surface area contributed by atoms with Crippen LogP contribution < -0.4 is 0 Å². The maximum absolute atomic E-state index is 11.8. The minimum atomic E-state index is -0.976. The van der Waals surface area contributed by atoms with Gasteiger partial charge in [-0.05, 0) is 48.0 Å². The van der Waals surface area contributed by atoms with Crippen molar-refractivity contribution in [3.05, 3.63) is 95.7 Å². The highest BCUT2D eigenvalue weighted by molar-refractivity contribution is 5.99. The SMILES string of the molecule is O=C(O)c1cccc(C#Cc2ccccc2)c1-c1ccc2occc2c1. The van der Waals surface area contributed by atoms with Crippen LogP contribution in [-0.2, 0) is 0 Å². The molecular weight excluding hydrogens is 324 g/mol. The van der Waals surface area contributed by atoms with E-state index in [1.54, 1.807) is 18.4 Å². The van der Waals surface area contributed by atoms with Crippen molar-refractivity contribution >= 4 is 16.9 Å². The molecule has 1 heterocycles. The van der Waals surface area contributed by atoms with Gasteiger partial charge in [0.2, 0.25) is 0 Å². The first-order chi connectivity index (χ1) is 12.7. The van der Waals surface area contributed by atoms with E-state index in [2.05, 4.69) is 11.8 Å². The molecule has 0 aliphatic heterocycles. The number of carboxylic acids is 1. The monoisotopic (exact) mass is 338 g/mol. The summed E-state index contributed by atoms with van der Waals surface area (Å²) in [6.07, 6.45) is 1.62. The molecule has 0 radical (unpaired) electrons. The van der Waals surface area contributed by atoms with Crippen LogP contribution >= 0.6 is 0 Å². The summed E-state index contributed by atoms with van der Waals surface area (Å²) in [6, 6.07) is 22.3. The first-order valence-corrected chi connectivity index (χ1v) is 8.13. The van der Waals surface area contributed by atoms with Gasteiger partial charge in [0.1, 0.15) is 5.58 Å². The Morgan fingerprint density at radius 2 is 1.73 bits per heavy atom. The lowest BCUT2D eigenvalue weighted by atomic mass is 9.93. The fourth-order valence-corrected chi connectivity index (χ4v) is 2.93. The fourth-order valence-electron chi connectivity index (χ4n) is 2.93. The van der Waals surface area contributed by atoms with Gasteiger partial charge in [-0.3, -0.25) is 0 Å². The zero-order valence-corrected chi connectivity index (χ0v) is 13.8. The van der Waals surface area contributed by atoms with Crippen molar-refractivity contribution in [1.29, 1.82) is 0 Å². The molecule has 0 aliphatic rings. The van der Waals surface area contributed by atoms with Crippen LogP contribution in [0.5, 0.6) is 0 Å². The summed E-state index contributed by atoms with van der Waals surface area (Å²) in [4.78, 5) is 11.8. The smallest absolute Gasteiger partial charge is 0.336 e. The predicted octanol–water partition coefficient (Wildman–Crippen LogP) is 5.20. The van der Waals surface area contributed by atoms with Crippen molar-refractivity contribution in [3.8, 4) is 23.0 Å². The van der Waals surface area contributed by atoms with E-state index in [9.17, 15) is 9.90 Å². The first kappa shape index (κ1) is 15.7. The summed E-state index contributed by atoms with van der Waals surface area (Å²) in [5.74, 6) is 5.26. The van der Waals surface area contributed by atoms with Crippen LogP contribution in [0.2, 0.25) is 0 Å². The number of benzene rings is 3. The molecule has 0 spiro atoms. The molecule has 0 saturated carbocycles. The van der Waals surface area contributed by atoms with Crippen LogP contribution in [-0.4, -0.2) is 11.1 Å². The largest absolute Gasteiger partial charge is 0.478 e. The van der Waals surface area contributed by atoms with Gasteiger partial charge in [0.15, 0.2) is 0 Å². The van der Waals surface area contributed by atoms with Crippen molar-refractivity contribution in [2.45, 2.75) is 0 Å². The van der Waals surface area contributed by atoms with Gasteiger partial charge in [-0.15, -0.1) is 0 Å². The minimum Gasteiger partial charge on any atom is -0.478 e.